The van der Waals surface area contributed by atoms with Crippen molar-refractivity contribution in [2.45, 2.75) is 24.7 Å². The molecule has 0 unspecified atom stereocenters. The van der Waals surface area contributed by atoms with Crippen LogP contribution in [0.2, 0.25) is 0 Å². The Morgan fingerprint density at radius 1 is 0.944 bits per heavy atom. The van der Waals surface area contributed by atoms with Crippen molar-refractivity contribution in [1.29, 1.82) is 0 Å². The Bertz CT molecular complexity index is 1360. The van der Waals surface area contributed by atoms with Gasteiger partial charge in [0.2, 0.25) is 5.91 Å². The van der Waals surface area contributed by atoms with E-state index in [9.17, 15) is 14.4 Å². The summed E-state index contributed by atoms with van der Waals surface area (Å²) >= 11 is 0. The van der Waals surface area contributed by atoms with Crippen LogP contribution in [-0.4, -0.2) is 50.4 Å². The van der Waals surface area contributed by atoms with E-state index >= 15 is 0 Å². The third-order valence-electron chi connectivity index (χ3n) is 7.03. The van der Waals surface area contributed by atoms with Gasteiger partial charge in [0.1, 0.15) is 5.75 Å². The normalized spacial score (nSPS) is 14.9. The molecule has 1 saturated carbocycles. The molecule has 0 spiro atoms. The summed E-state index contributed by atoms with van der Waals surface area (Å²) in [6.45, 7) is 0.683. The van der Waals surface area contributed by atoms with Gasteiger partial charge < -0.3 is 20.3 Å². The first-order valence-electron chi connectivity index (χ1n) is 12.1. The maximum Gasteiger partial charge on any atom is 0.253 e. The van der Waals surface area contributed by atoms with Gasteiger partial charge in [-0.2, -0.15) is 0 Å². The highest BCUT2D eigenvalue weighted by molar-refractivity contribution is 6.05. The summed E-state index contributed by atoms with van der Waals surface area (Å²) in [6.07, 6.45) is 2.46. The summed E-state index contributed by atoms with van der Waals surface area (Å²) < 4.78 is 5.71. The van der Waals surface area contributed by atoms with Crippen molar-refractivity contribution in [2.75, 3.05) is 33.1 Å². The minimum absolute atomic E-state index is 0.0639. The minimum Gasteiger partial charge on any atom is -0.493 e. The van der Waals surface area contributed by atoms with Gasteiger partial charge >= 0.3 is 0 Å². The van der Waals surface area contributed by atoms with E-state index in [1.54, 1.807) is 45.4 Å². The SMILES string of the molecule is CNC(=O)c1ccc(NC(=O)C2(c3ccc4c(c3)OCC4)CC2)cc1-c1ccc(C(=O)N(C)C)cc1. The van der Waals surface area contributed by atoms with Crippen molar-refractivity contribution in [3.05, 3.63) is 82.9 Å². The molecule has 0 bridgehead atoms. The van der Waals surface area contributed by atoms with E-state index in [4.69, 9.17) is 4.74 Å². The van der Waals surface area contributed by atoms with E-state index in [1.807, 2.05) is 30.3 Å². The Hall–Kier alpha value is -4.13. The van der Waals surface area contributed by atoms with E-state index in [1.165, 1.54) is 10.5 Å². The number of nitrogens with one attached hydrogen (secondary N) is 2. The fourth-order valence-electron chi connectivity index (χ4n) is 4.73. The van der Waals surface area contributed by atoms with E-state index in [0.29, 0.717) is 29.0 Å². The summed E-state index contributed by atoms with van der Waals surface area (Å²) in [4.78, 5) is 39.8. The highest BCUT2D eigenvalue weighted by Gasteiger charge is 2.51. The second kappa shape index (κ2) is 9.15. The zero-order chi connectivity index (χ0) is 25.4. The standard InChI is InChI=1S/C29H29N3O4/c1-30-26(33)23-11-10-22(17-24(23)18-4-6-20(7-5-18)27(34)32(2)3)31-28(35)29(13-14-29)21-9-8-19-12-15-36-25(19)16-21/h4-11,16-17H,12-15H2,1-3H3,(H,30,33)(H,31,35). The third kappa shape index (κ3) is 4.21. The molecule has 3 amide bonds. The van der Waals surface area contributed by atoms with Gasteiger partial charge in [-0.05, 0) is 71.5 Å². The summed E-state index contributed by atoms with van der Waals surface area (Å²) in [7, 11) is 4.99. The maximum atomic E-state index is 13.4. The van der Waals surface area contributed by atoms with Crippen LogP contribution in [0, 0.1) is 0 Å². The molecule has 3 aromatic carbocycles. The molecule has 0 radical (unpaired) electrons. The zero-order valence-corrected chi connectivity index (χ0v) is 20.7. The number of carbonyl (C=O) groups is 3. The fourth-order valence-corrected chi connectivity index (χ4v) is 4.73. The number of carbonyl (C=O) groups excluding carboxylic acids is 3. The average molecular weight is 484 g/mol. The van der Waals surface area contributed by atoms with Gasteiger partial charge in [0.25, 0.3) is 11.8 Å². The van der Waals surface area contributed by atoms with Gasteiger partial charge in [0.05, 0.1) is 12.0 Å². The summed E-state index contributed by atoms with van der Waals surface area (Å²) in [6, 6.07) is 18.5. The number of hydrogen-bond acceptors (Lipinski definition) is 4. The molecule has 0 aromatic heterocycles. The van der Waals surface area contributed by atoms with Crippen molar-refractivity contribution < 1.29 is 19.1 Å². The highest BCUT2D eigenvalue weighted by atomic mass is 16.5. The third-order valence-corrected chi connectivity index (χ3v) is 7.03. The second-order valence-corrected chi connectivity index (χ2v) is 9.57. The van der Waals surface area contributed by atoms with Crippen LogP contribution in [0.25, 0.3) is 11.1 Å². The highest BCUT2D eigenvalue weighted by Crippen LogP contribution is 2.50. The monoisotopic (exact) mass is 483 g/mol. The quantitative estimate of drug-likeness (QED) is 0.554. The Balaban J connectivity index is 1.44. The summed E-state index contributed by atoms with van der Waals surface area (Å²) in [5.41, 5.74) is 4.70. The van der Waals surface area contributed by atoms with Crippen molar-refractivity contribution in [3.8, 4) is 16.9 Å². The molecule has 1 heterocycles. The molecule has 7 nitrogen and oxygen atoms in total. The minimum atomic E-state index is -0.561. The van der Waals surface area contributed by atoms with E-state index in [0.717, 1.165) is 36.1 Å². The predicted molar refractivity (Wildman–Crippen MR) is 138 cm³/mol. The second-order valence-electron chi connectivity index (χ2n) is 9.57. The van der Waals surface area contributed by atoms with Crippen LogP contribution in [0.3, 0.4) is 0 Å². The number of nitrogens with zero attached hydrogens (tertiary/aromatic N) is 1. The van der Waals surface area contributed by atoms with Crippen LogP contribution in [-0.2, 0) is 16.6 Å². The first kappa shape index (κ1) is 23.6. The van der Waals surface area contributed by atoms with Crippen LogP contribution in [0.4, 0.5) is 5.69 Å². The molecule has 3 aromatic rings. The molecule has 36 heavy (non-hydrogen) atoms. The Morgan fingerprint density at radius 2 is 1.69 bits per heavy atom. The van der Waals surface area contributed by atoms with Gasteiger partial charge in [-0.15, -0.1) is 0 Å². The smallest absolute Gasteiger partial charge is 0.253 e. The number of anilines is 1. The molecule has 7 heteroatoms. The number of ether oxygens (including phenoxy) is 1. The number of fused-ring (bicyclic) bond motifs is 1. The lowest BCUT2D eigenvalue weighted by Crippen LogP contribution is -2.28. The molecule has 0 saturated heterocycles. The number of hydrogen-bond donors (Lipinski definition) is 2. The van der Waals surface area contributed by atoms with E-state index < -0.39 is 5.41 Å². The lowest BCUT2D eigenvalue weighted by Gasteiger charge is -2.18. The van der Waals surface area contributed by atoms with Crippen LogP contribution in [0.5, 0.6) is 5.75 Å². The molecule has 1 aliphatic carbocycles. The lowest BCUT2D eigenvalue weighted by atomic mass is 9.93. The van der Waals surface area contributed by atoms with Crippen LogP contribution >= 0.6 is 0 Å². The first-order valence-corrected chi connectivity index (χ1v) is 12.1. The molecular weight excluding hydrogens is 454 g/mol. The molecule has 184 valence electrons. The van der Waals surface area contributed by atoms with Crippen molar-refractivity contribution in [3.63, 3.8) is 0 Å². The van der Waals surface area contributed by atoms with E-state index in [2.05, 4.69) is 16.7 Å². The molecule has 1 aliphatic heterocycles. The van der Waals surface area contributed by atoms with Crippen molar-refractivity contribution in [1.82, 2.24) is 10.2 Å². The molecule has 2 N–H and O–H groups in total. The zero-order valence-electron chi connectivity index (χ0n) is 20.7. The number of benzene rings is 3. The largest absolute Gasteiger partial charge is 0.493 e. The maximum absolute atomic E-state index is 13.4. The Kier molecular flexibility index (Phi) is 6.00. The van der Waals surface area contributed by atoms with E-state index in [-0.39, 0.29) is 17.7 Å². The van der Waals surface area contributed by atoms with Crippen LogP contribution < -0.4 is 15.4 Å². The first-order chi connectivity index (χ1) is 17.3. The van der Waals surface area contributed by atoms with Gasteiger partial charge in [0, 0.05) is 44.4 Å². The van der Waals surface area contributed by atoms with Crippen molar-refractivity contribution in [2.24, 2.45) is 0 Å². The van der Waals surface area contributed by atoms with Crippen LogP contribution in [0.15, 0.2) is 60.7 Å². The lowest BCUT2D eigenvalue weighted by molar-refractivity contribution is -0.118. The average Bonchev–Trinajstić information content (AvgIpc) is 3.58. The number of rotatable bonds is 6. The van der Waals surface area contributed by atoms with Gasteiger partial charge in [-0.3, -0.25) is 14.4 Å². The number of amides is 3. The van der Waals surface area contributed by atoms with Gasteiger partial charge in [-0.1, -0.05) is 24.3 Å². The fraction of sp³-hybridized carbons (Fsp3) is 0.276. The molecule has 2 aliphatic rings. The molecule has 1 fully saturated rings. The summed E-state index contributed by atoms with van der Waals surface area (Å²) in [5, 5.41) is 5.75. The van der Waals surface area contributed by atoms with Gasteiger partial charge in [0.15, 0.2) is 0 Å². The van der Waals surface area contributed by atoms with Crippen molar-refractivity contribution >= 4 is 23.4 Å². The van der Waals surface area contributed by atoms with Crippen LogP contribution in [0.1, 0.15) is 44.7 Å². The molecule has 5 rings (SSSR count). The van der Waals surface area contributed by atoms with Gasteiger partial charge in [-0.25, -0.2) is 0 Å². The Labute approximate surface area is 210 Å². The topological polar surface area (TPSA) is 87.7 Å². The predicted octanol–water partition coefficient (Wildman–Crippen LogP) is 4.02. The molecule has 0 atom stereocenters. The summed E-state index contributed by atoms with van der Waals surface area (Å²) in [5.74, 6) is 0.486. The Morgan fingerprint density at radius 3 is 2.36 bits per heavy atom. The molecular formula is C29H29N3O4.